The van der Waals surface area contributed by atoms with Crippen LogP contribution in [0, 0.1) is 0 Å². The Hall–Kier alpha value is 1.49. The summed E-state index contributed by atoms with van der Waals surface area (Å²) in [5.41, 5.74) is 0. The van der Waals surface area contributed by atoms with Crippen LogP contribution in [0.4, 0.5) is 0 Å². The van der Waals surface area contributed by atoms with E-state index in [-0.39, 0.29) is 29.6 Å². The van der Waals surface area contributed by atoms with Crippen molar-refractivity contribution >= 4 is 78.0 Å². The molecule has 0 saturated carbocycles. The van der Waals surface area contributed by atoms with Crippen LogP contribution in [0.15, 0.2) is 4.76 Å². The van der Waals surface area contributed by atoms with E-state index < -0.39 is 17.4 Å². The van der Waals surface area contributed by atoms with Crippen LogP contribution in [0.3, 0.4) is 0 Å². The zero-order valence-electron chi connectivity index (χ0n) is 7.66. The van der Waals surface area contributed by atoms with E-state index in [9.17, 15) is 9.67 Å². The van der Waals surface area contributed by atoms with Gasteiger partial charge in [-0.2, -0.15) is 4.76 Å². The molecule has 0 heterocycles. The molecule has 0 aliphatic rings. The maximum atomic E-state index is 11.2. The van der Waals surface area contributed by atoms with Crippen LogP contribution in [0.25, 0.3) is 0 Å². The van der Waals surface area contributed by atoms with Gasteiger partial charge in [-0.3, -0.25) is 9.05 Å². The molecule has 1 radical (unpaired) electrons. The molecule has 0 aromatic rings. The van der Waals surface area contributed by atoms with Crippen LogP contribution in [0.2, 0.25) is 0 Å². The van der Waals surface area contributed by atoms with Crippen molar-refractivity contribution in [1.82, 2.24) is 0 Å². The zero-order valence-corrected chi connectivity index (χ0v) is 12.8. The van der Waals surface area contributed by atoms with Crippen molar-refractivity contribution in [2.24, 2.45) is 4.76 Å². The maximum absolute atomic E-state index is 11.2. The van der Waals surface area contributed by atoms with Crippen LogP contribution >= 0.6 is 42.5 Å². The standard InChI is InChI=1S/C4H7Cl3NO4P.Na/c1-11-13(10,12-2)8-3(9)4(5,6)7;/h1-2H3,(H,8,9,10);/p-1. The van der Waals surface area contributed by atoms with Gasteiger partial charge in [-0.1, -0.05) is 34.8 Å². The van der Waals surface area contributed by atoms with Crippen molar-refractivity contribution in [2.45, 2.75) is 3.79 Å². The fraction of sp³-hybridized carbons (Fsp3) is 0.750. The second kappa shape index (κ2) is 6.94. The molecule has 0 aromatic carbocycles. The number of alkyl halides is 3. The van der Waals surface area contributed by atoms with Gasteiger partial charge in [0.15, 0.2) is 0 Å². The first-order chi connectivity index (χ1) is 5.75. The number of rotatable bonds is 3. The first-order valence-corrected chi connectivity index (χ1v) is 5.44. The summed E-state index contributed by atoms with van der Waals surface area (Å²) in [6.07, 6.45) is 0. The van der Waals surface area contributed by atoms with Gasteiger partial charge >= 0.3 is 7.75 Å². The van der Waals surface area contributed by atoms with Crippen LogP contribution in [0.5, 0.6) is 0 Å². The molecule has 0 fully saturated rings. The van der Waals surface area contributed by atoms with E-state index in [4.69, 9.17) is 34.8 Å². The molecule has 0 saturated heterocycles. The van der Waals surface area contributed by atoms with Gasteiger partial charge in [-0.05, 0) is 0 Å². The Morgan fingerprint density at radius 1 is 1.36 bits per heavy atom. The predicted octanol–water partition coefficient (Wildman–Crippen LogP) is 1.14. The largest absolute Gasteiger partial charge is 0.859 e. The van der Waals surface area contributed by atoms with Crippen LogP contribution in [0.1, 0.15) is 0 Å². The topological polar surface area (TPSA) is 71.0 Å². The van der Waals surface area contributed by atoms with Crippen molar-refractivity contribution in [2.75, 3.05) is 14.2 Å². The minimum absolute atomic E-state index is 0. The minimum atomic E-state index is -3.81. The average molecular weight is 292 g/mol. The molecule has 0 aliphatic heterocycles. The minimum Gasteiger partial charge on any atom is -0.859 e. The Kier molecular flexibility index (Phi) is 8.86. The van der Waals surface area contributed by atoms with E-state index in [1.165, 1.54) is 0 Å². The number of hydrogen-bond acceptors (Lipinski definition) is 4. The Morgan fingerprint density at radius 2 is 1.71 bits per heavy atom. The third-order valence-electron chi connectivity index (χ3n) is 0.917. The molecule has 0 unspecified atom stereocenters. The molecule has 5 nitrogen and oxygen atoms in total. The van der Waals surface area contributed by atoms with Gasteiger partial charge in [0.1, 0.15) is 0 Å². The molecule has 14 heavy (non-hydrogen) atoms. The SMILES string of the molecule is COP(=O)(/N=C(\[O-])C(Cl)(Cl)Cl)OC.[Na]. The fourth-order valence-electron chi connectivity index (χ4n) is 0.324. The van der Waals surface area contributed by atoms with Gasteiger partial charge in [-0.15, -0.1) is 0 Å². The molecule has 0 aliphatic carbocycles. The number of hydrogen-bond donors (Lipinski definition) is 0. The third-order valence-corrected chi connectivity index (χ3v) is 2.75. The van der Waals surface area contributed by atoms with Crippen LogP contribution in [-0.2, 0) is 13.6 Å². The van der Waals surface area contributed by atoms with E-state index in [0.717, 1.165) is 14.2 Å². The first-order valence-electron chi connectivity index (χ1n) is 2.81. The molecular weight excluding hydrogens is 286 g/mol. The van der Waals surface area contributed by atoms with Crippen LogP contribution < -0.4 is 5.11 Å². The van der Waals surface area contributed by atoms with E-state index >= 15 is 0 Å². The summed E-state index contributed by atoms with van der Waals surface area (Å²) < 4.78 is 20.6. The Bertz CT molecular complexity index is 247. The summed E-state index contributed by atoms with van der Waals surface area (Å²) in [6, 6.07) is 0. The number of halogens is 3. The molecule has 10 heteroatoms. The monoisotopic (exact) mass is 291 g/mol. The molecule has 0 rings (SSSR count). The molecule has 0 N–H and O–H groups in total. The second-order valence-electron chi connectivity index (χ2n) is 1.74. The summed E-state index contributed by atoms with van der Waals surface area (Å²) in [5.74, 6) is -1.20. The van der Waals surface area contributed by atoms with E-state index in [0.29, 0.717) is 0 Å². The van der Waals surface area contributed by atoms with Gasteiger partial charge in [0.2, 0.25) is 3.79 Å². The predicted molar refractivity (Wildman–Crippen MR) is 55.1 cm³/mol. The van der Waals surface area contributed by atoms with Gasteiger partial charge in [0.25, 0.3) is 0 Å². The average Bonchev–Trinajstić information content (AvgIpc) is 2.02. The quantitative estimate of drug-likeness (QED) is 0.257. The summed E-state index contributed by atoms with van der Waals surface area (Å²) in [6.45, 7) is 0. The van der Waals surface area contributed by atoms with Gasteiger partial charge in [-0.25, -0.2) is 4.57 Å². The van der Waals surface area contributed by atoms with Crippen molar-refractivity contribution in [1.29, 1.82) is 0 Å². The van der Waals surface area contributed by atoms with Gasteiger partial charge in [0.05, 0.1) is 0 Å². The number of nitrogens with zero attached hydrogens (tertiary/aromatic N) is 1. The molecule has 0 bridgehead atoms. The zero-order chi connectivity index (χ0) is 10.7. The van der Waals surface area contributed by atoms with Gasteiger partial charge < -0.3 is 5.11 Å². The van der Waals surface area contributed by atoms with E-state index in [1.54, 1.807) is 0 Å². The third kappa shape index (κ3) is 6.16. The van der Waals surface area contributed by atoms with Crippen molar-refractivity contribution in [3.05, 3.63) is 0 Å². The Labute approximate surface area is 119 Å². The van der Waals surface area contributed by atoms with Crippen molar-refractivity contribution in [3.63, 3.8) is 0 Å². The summed E-state index contributed by atoms with van der Waals surface area (Å²) in [5, 5.41) is 10.9. The summed E-state index contributed by atoms with van der Waals surface area (Å²) in [7, 11) is -1.70. The molecular formula is C4H6Cl3NNaO4P-. The van der Waals surface area contributed by atoms with Crippen molar-refractivity contribution in [3.8, 4) is 0 Å². The van der Waals surface area contributed by atoms with Gasteiger partial charge in [0, 0.05) is 49.7 Å². The molecule has 79 valence electrons. The van der Waals surface area contributed by atoms with Crippen molar-refractivity contribution < 1.29 is 18.7 Å². The molecule has 0 spiro atoms. The summed E-state index contributed by atoms with van der Waals surface area (Å²) in [4.78, 5) is 0. The van der Waals surface area contributed by atoms with Crippen LogP contribution in [-0.4, -0.2) is 53.5 Å². The second-order valence-corrected chi connectivity index (χ2v) is 5.89. The van der Waals surface area contributed by atoms with E-state index in [1.807, 2.05) is 0 Å². The Morgan fingerprint density at radius 3 is 1.93 bits per heavy atom. The normalized spacial score (nSPS) is 13.6. The Balaban J connectivity index is 0. The molecule has 0 atom stereocenters. The summed E-state index contributed by atoms with van der Waals surface area (Å²) >= 11 is 15.5. The smallest absolute Gasteiger partial charge is 0.452 e. The first kappa shape index (κ1) is 17.9. The van der Waals surface area contributed by atoms with E-state index in [2.05, 4.69) is 13.8 Å². The maximum Gasteiger partial charge on any atom is 0.452 e. The molecule has 0 amide bonds. The fourth-order valence-corrected chi connectivity index (χ4v) is 1.31. The molecule has 0 aromatic heterocycles.